The number of hydrogen-bond donors (Lipinski definition) is 1. The van der Waals surface area contributed by atoms with E-state index in [2.05, 4.69) is 5.32 Å². The number of hydrogen-bond acceptors (Lipinski definition) is 3. The molecule has 2 heterocycles. The molecule has 0 spiro atoms. The van der Waals surface area contributed by atoms with Gasteiger partial charge in [0.25, 0.3) is 11.8 Å². The zero-order chi connectivity index (χ0) is 23.2. The van der Waals surface area contributed by atoms with Gasteiger partial charge in [-0.3, -0.25) is 14.9 Å². The molecule has 4 rings (SSSR count). The Morgan fingerprint density at radius 2 is 1.69 bits per heavy atom. The first-order valence-corrected chi connectivity index (χ1v) is 9.87. The van der Waals surface area contributed by atoms with Gasteiger partial charge in [-0.15, -0.1) is 0 Å². The zero-order valence-electron chi connectivity index (χ0n) is 16.9. The lowest BCUT2D eigenvalue weighted by atomic mass is 10.1. The Morgan fingerprint density at radius 1 is 0.969 bits per heavy atom. The molecule has 0 aliphatic carbocycles. The fourth-order valence-electron chi connectivity index (χ4n) is 3.62. The molecule has 0 unspecified atom stereocenters. The van der Waals surface area contributed by atoms with E-state index in [0.717, 1.165) is 11.8 Å². The molecule has 6 nitrogen and oxygen atoms in total. The molecule has 1 aromatic heterocycles. The van der Waals surface area contributed by atoms with E-state index in [1.165, 1.54) is 36.4 Å². The Balaban J connectivity index is 1.78. The van der Waals surface area contributed by atoms with Crippen LogP contribution in [0.5, 0.6) is 0 Å². The van der Waals surface area contributed by atoms with Crippen LogP contribution in [0.25, 0.3) is 11.8 Å². The highest BCUT2D eigenvalue weighted by Gasteiger charge is 2.38. The molecule has 32 heavy (non-hydrogen) atoms. The van der Waals surface area contributed by atoms with Crippen LogP contribution in [0.15, 0.2) is 54.1 Å². The summed E-state index contributed by atoms with van der Waals surface area (Å²) in [6.45, 7) is 3.55. The lowest BCUT2D eigenvalue weighted by Crippen LogP contribution is -2.54. The van der Waals surface area contributed by atoms with Gasteiger partial charge in [0.2, 0.25) is 0 Å². The number of urea groups is 1. The Kier molecular flexibility index (Phi) is 5.40. The number of carbonyl (C=O) groups excluding carboxylic acids is 3. The summed E-state index contributed by atoms with van der Waals surface area (Å²) in [5.74, 6) is -3.17. The molecular formula is C23H16ClF2N3O3. The normalized spacial score (nSPS) is 15.5. The highest BCUT2D eigenvalue weighted by molar-refractivity contribution is 6.39. The van der Waals surface area contributed by atoms with E-state index in [9.17, 15) is 23.2 Å². The SMILES string of the molecule is Cc1cc(/C=C2\C(=O)NC(=O)N(c3ccccc3F)C2=O)c(C)n1-c1ccc(F)c(Cl)c1. The van der Waals surface area contributed by atoms with Gasteiger partial charge in [-0.05, 0) is 61.9 Å². The van der Waals surface area contributed by atoms with E-state index in [1.54, 1.807) is 30.5 Å². The minimum atomic E-state index is -1.03. The minimum Gasteiger partial charge on any atom is -0.318 e. The lowest BCUT2D eigenvalue weighted by molar-refractivity contribution is -0.122. The topological polar surface area (TPSA) is 71.4 Å². The fourth-order valence-corrected chi connectivity index (χ4v) is 3.79. The van der Waals surface area contributed by atoms with Crippen molar-refractivity contribution in [3.05, 3.63) is 87.7 Å². The van der Waals surface area contributed by atoms with Crippen molar-refractivity contribution < 1.29 is 23.2 Å². The van der Waals surface area contributed by atoms with Crippen LogP contribution in [0.4, 0.5) is 19.3 Å². The summed E-state index contributed by atoms with van der Waals surface area (Å²) in [6, 6.07) is 10.2. The first-order chi connectivity index (χ1) is 15.2. The van der Waals surface area contributed by atoms with Crippen LogP contribution in [0.2, 0.25) is 5.02 Å². The van der Waals surface area contributed by atoms with Crippen molar-refractivity contribution in [2.24, 2.45) is 0 Å². The van der Waals surface area contributed by atoms with E-state index < -0.39 is 29.5 Å². The van der Waals surface area contributed by atoms with Gasteiger partial charge in [-0.1, -0.05) is 23.7 Å². The molecule has 0 saturated carbocycles. The number of nitrogens with zero attached hydrogens (tertiary/aromatic N) is 2. The Hall–Kier alpha value is -3.78. The van der Waals surface area contributed by atoms with Gasteiger partial charge < -0.3 is 4.57 Å². The van der Waals surface area contributed by atoms with Crippen molar-refractivity contribution in [3.63, 3.8) is 0 Å². The average Bonchev–Trinajstić information content (AvgIpc) is 3.01. The Morgan fingerprint density at radius 3 is 2.38 bits per heavy atom. The average molecular weight is 456 g/mol. The maximum atomic E-state index is 14.2. The monoisotopic (exact) mass is 455 g/mol. The number of halogens is 3. The maximum absolute atomic E-state index is 14.2. The molecule has 1 saturated heterocycles. The third kappa shape index (κ3) is 3.58. The van der Waals surface area contributed by atoms with Crippen LogP contribution in [-0.4, -0.2) is 22.4 Å². The largest absolute Gasteiger partial charge is 0.336 e. The summed E-state index contributed by atoms with van der Waals surface area (Å²) in [7, 11) is 0. The van der Waals surface area contributed by atoms with Gasteiger partial charge in [0.1, 0.15) is 17.2 Å². The van der Waals surface area contributed by atoms with Crippen molar-refractivity contribution in [3.8, 4) is 5.69 Å². The molecule has 1 fully saturated rings. The highest BCUT2D eigenvalue weighted by Crippen LogP contribution is 2.28. The summed E-state index contributed by atoms with van der Waals surface area (Å²) in [5, 5.41) is 2.02. The van der Waals surface area contributed by atoms with Crippen molar-refractivity contribution >= 4 is 41.2 Å². The number of carbonyl (C=O) groups is 3. The summed E-state index contributed by atoms with van der Waals surface area (Å²) in [6.07, 6.45) is 1.34. The van der Waals surface area contributed by atoms with Gasteiger partial charge in [-0.2, -0.15) is 0 Å². The van der Waals surface area contributed by atoms with Gasteiger partial charge in [0, 0.05) is 17.1 Å². The number of imide groups is 2. The molecule has 0 radical (unpaired) electrons. The standard InChI is InChI=1S/C23H16ClF2N3O3/c1-12-9-14(13(2)28(12)15-7-8-18(25)17(24)11-15)10-16-21(30)27-23(32)29(22(16)31)20-6-4-3-5-19(20)26/h3-11H,1-2H3,(H,27,30,32)/b16-10+. The van der Waals surface area contributed by atoms with Gasteiger partial charge in [-0.25, -0.2) is 18.5 Å². The number of aromatic nitrogens is 1. The number of para-hydroxylation sites is 1. The van der Waals surface area contributed by atoms with Crippen molar-refractivity contribution in [2.75, 3.05) is 4.90 Å². The third-order valence-electron chi connectivity index (χ3n) is 5.13. The van der Waals surface area contributed by atoms with Crippen LogP contribution in [0.3, 0.4) is 0 Å². The van der Waals surface area contributed by atoms with E-state index in [0.29, 0.717) is 21.8 Å². The zero-order valence-corrected chi connectivity index (χ0v) is 17.7. The highest BCUT2D eigenvalue weighted by atomic mass is 35.5. The minimum absolute atomic E-state index is 0.0456. The van der Waals surface area contributed by atoms with Crippen LogP contribution < -0.4 is 10.2 Å². The molecule has 9 heteroatoms. The maximum Gasteiger partial charge on any atom is 0.336 e. The molecule has 3 aromatic rings. The number of amides is 4. The van der Waals surface area contributed by atoms with Crippen LogP contribution in [0, 0.1) is 25.5 Å². The van der Waals surface area contributed by atoms with E-state index in [-0.39, 0.29) is 16.3 Å². The predicted molar refractivity (Wildman–Crippen MR) is 116 cm³/mol. The molecular weight excluding hydrogens is 440 g/mol. The number of nitrogens with one attached hydrogen (secondary N) is 1. The molecule has 1 aliphatic rings. The number of barbiturate groups is 1. The number of benzene rings is 2. The second-order valence-corrected chi connectivity index (χ2v) is 7.58. The fraction of sp³-hybridized carbons (Fsp3) is 0.0870. The van der Waals surface area contributed by atoms with Gasteiger partial charge in [0.15, 0.2) is 0 Å². The molecule has 0 atom stereocenters. The Bertz CT molecular complexity index is 1330. The molecule has 0 bridgehead atoms. The summed E-state index contributed by atoms with van der Waals surface area (Å²) < 4.78 is 29.6. The van der Waals surface area contributed by atoms with E-state index in [1.807, 2.05) is 0 Å². The van der Waals surface area contributed by atoms with Crippen LogP contribution in [0.1, 0.15) is 17.0 Å². The number of anilines is 1. The first kappa shape index (κ1) is 21.5. The summed E-state index contributed by atoms with van der Waals surface area (Å²) in [5.41, 5.74) is 1.91. The van der Waals surface area contributed by atoms with Crippen molar-refractivity contribution in [1.82, 2.24) is 9.88 Å². The molecule has 1 N–H and O–H groups in total. The van der Waals surface area contributed by atoms with Crippen LogP contribution >= 0.6 is 11.6 Å². The second kappa shape index (κ2) is 8.05. The lowest BCUT2D eigenvalue weighted by Gasteiger charge is -2.26. The van der Waals surface area contributed by atoms with Crippen molar-refractivity contribution in [2.45, 2.75) is 13.8 Å². The molecule has 4 amide bonds. The number of aryl methyl sites for hydroxylation is 1. The molecule has 162 valence electrons. The molecule has 1 aliphatic heterocycles. The van der Waals surface area contributed by atoms with Crippen molar-refractivity contribution in [1.29, 1.82) is 0 Å². The second-order valence-electron chi connectivity index (χ2n) is 7.17. The smallest absolute Gasteiger partial charge is 0.318 e. The first-order valence-electron chi connectivity index (χ1n) is 9.49. The van der Waals surface area contributed by atoms with Gasteiger partial charge >= 0.3 is 6.03 Å². The predicted octanol–water partition coefficient (Wildman–Crippen LogP) is 4.69. The summed E-state index contributed by atoms with van der Waals surface area (Å²) in [4.78, 5) is 38.3. The van der Waals surface area contributed by atoms with E-state index in [4.69, 9.17) is 11.6 Å². The quantitative estimate of drug-likeness (QED) is 0.460. The van der Waals surface area contributed by atoms with Gasteiger partial charge in [0.05, 0.1) is 10.7 Å². The number of rotatable bonds is 3. The molecule has 2 aromatic carbocycles. The van der Waals surface area contributed by atoms with E-state index >= 15 is 0 Å². The summed E-state index contributed by atoms with van der Waals surface area (Å²) >= 11 is 5.90. The third-order valence-corrected chi connectivity index (χ3v) is 5.42. The Labute approximate surface area is 186 Å². The van der Waals surface area contributed by atoms with Crippen LogP contribution in [-0.2, 0) is 9.59 Å².